The monoisotopic (exact) mass is 607 g/mol. The molecule has 3 unspecified atom stereocenters. The van der Waals surface area contributed by atoms with Crippen LogP contribution >= 0.6 is 0 Å². The molecule has 1 amide bonds. The van der Waals surface area contributed by atoms with Crippen molar-refractivity contribution in [2.45, 2.75) is 98.4 Å². The molecule has 0 radical (unpaired) electrons. The maximum Gasteiger partial charge on any atom is 0.416 e. The first-order valence-corrected chi connectivity index (χ1v) is 15.3. The number of aliphatic carboxylic acids is 1. The molecule has 2 aromatic heterocycles. The van der Waals surface area contributed by atoms with Crippen molar-refractivity contribution < 1.29 is 19.4 Å². The van der Waals surface area contributed by atoms with Crippen LogP contribution in [0.4, 0.5) is 22.1 Å². The van der Waals surface area contributed by atoms with Crippen LogP contribution in [-0.4, -0.2) is 67.4 Å². The lowest BCUT2D eigenvalue weighted by Crippen LogP contribution is -2.69. The predicted molar refractivity (Wildman–Crippen MR) is 174 cm³/mol. The third-order valence-electron chi connectivity index (χ3n) is 8.55. The molecule has 3 aromatic rings. The van der Waals surface area contributed by atoms with Gasteiger partial charge in [0.05, 0.1) is 12.7 Å². The molecule has 240 valence electrons. The number of aromatic nitrogens is 3. The van der Waals surface area contributed by atoms with Crippen molar-refractivity contribution >= 4 is 35.0 Å². The summed E-state index contributed by atoms with van der Waals surface area (Å²) in [5.41, 5.74) is 6.85. The third-order valence-corrected chi connectivity index (χ3v) is 8.55. The number of nitrogens with zero attached hydrogens (tertiary/aromatic N) is 5. The second-order valence-corrected chi connectivity index (χ2v) is 14.5. The van der Waals surface area contributed by atoms with Gasteiger partial charge in [0.25, 0.3) is 0 Å². The molecule has 4 N–H and O–H groups in total. The summed E-state index contributed by atoms with van der Waals surface area (Å²) < 4.78 is 7.55. The van der Waals surface area contributed by atoms with E-state index in [1.54, 1.807) is 21.7 Å². The number of ether oxygens (including phenoxy) is 1. The minimum Gasteiger partial charge on any atom is -0.480 e. The lowest BCUT2D eigenvalue weighted by atomic mass is 9.62. The van der Waals surface area contributed by atoms with E-state index in [9.17, 15) is 14.7 Å². The molecule has 4 rings (SSSR count). The van der Waals surface area contributed by atoms with Crippen LogP contribution in [0.25, 0.3) is 5.65 Å². The highest BCUT2D eigenvalue weighted by molar-refractivity contribution is 5.88. The first kappa shape index (κ1) is 33.0. The van der Waals surface area contributed by atoms with Crippen LogP contribution in [0.3, 0.4) is 0 Å². The first-order chi connectivity index (χ1) is 20.3. The number of nitrogen functional groups attached to an aromatic ring is 1. The van der Waals surface area contributed by atoms with Crippen molar-refractivity contribution in [2.75, 3.05) is 29.5 Å². The lowest BCUT2D eigenvalue weighted by Gasteiger charge is -2.55. The molecule has 1 aliphatic rings. The number of carboxylic acid groups (broad SMARTS) is 1. The Kier molecular flexibility index (Phi) is 8.94. The van der Waals surface area contributed by atoms with E-state index in [1.165, 1.54) is 0 Å². The average molecular weight is 608 g/mol. The first-order valence-electron chi connectivity index (χ1n) is 15.3. The number of carbonyl (C=O) groups is 2. The second kappa shape index (κ2) is 11.9. The molecular weight excluding hydrogens is 558 g/mol. The van der Waals surface area contributed by atoms with E-state index in [1.807, 2.05) is 84.7 Å². The van der Waals surface area contributed by atoms with Gasteiger partial charge in [-0.15, -0.1) is 0 Å². The Labute approximate surface area is 260 Å². The van der Waals surface area contributed by atoms with Crippen LogP contribution in [0.1, 0.15) is 85.8 Å². The number of nitrogens with two attached hydrogens (primary N) is 1. The fraction of sp³-hybridized carbons (Fsp3) is 0.576. The van der Waals surface area contributed by atoms with Crippen LogP contribution in [0.5, 0.6) is 0 Å². The van der Waals surface area contributed by atoms with Gasteiger partial charge in [-0.05, 0) is 69.2 Å². The molecule has 1 aliphatic heterocycles. The van der Waals surface area contributed by atoms with Crippen molar-refractivity contribution in [3.8, 4) is 0 Å². The van der Waals surface area contributed by atoms with Crippen molar-refractivity contribution in [2.24, 2.45) is 11.3 Å². The van der Waals surface area contributed by atoms with E-state index in [0.717, 1.165) is 11.1 Å². The number of likely N-dealkylation sites (N-methyl/N-ethyl adjacent to an activating group) is 1. The van der Waals surface area contributed by atoms with E-state index in [-0.39, 0.29) is 24.4 Å². The quantitative estimate of drug-likeness (QED) is 0.276. The van der Waals surface area contributed by atoms with Gasteiger partial charge in [-0.3, -0.25) is 14.6 Å². The number of nitrogens with one attached hydrogen (secondary N) is 1. The second-order valence-electron chi connectivity index (χ2n) is 14.5. The van der Waals surface area contributed by atoms with E-state index >= 15 is 0 Å². The maximum absolute atomic E-state index is 13.8. The molecule has 0 saturated carbocycles. The van der Waals surface area contributed by atoms with Gasteiger partial charge in [0.2, 0.25) is 0 Å². The lowest BCUT2D eigenvalue weighted by molar-refractivity contribution is -0.169. The Morgan fingerprint density at radius 1 is 1.20 bits per heavy atom. The van der Waals surface area contributed by atoms with Gasteiger partial charge in [0.1, 0.15) is 22.8 Å². The van der Waals surface area contributed by atoms with Gasteiger partial charge in [-0.2, -0.15) is 9.61 Å². The van der Waals surface area contributed by atoms with Crippen molar-refractivity contribution in [1.82, 2.24) is 19.5 Å². The predicted octanol–water partition coefficient (Wildman–Crippen LogP) is 6.00. The number of carboxylic acids is 1. The summed E-state index contributed by atoms with van der Waals surface area (Å²) in [4.78, 5) is 35.0. The summed E-state index contributed by atoms with van der Waals surface area (Å²) in [6, 6.07) is 9.14. The van der Waals surface area contributed by atoms with E-state index < -0.39 is 28.6 Å². The molecule has 0 aliphatic carbocycles. The number of carbonyl (C=O) groups excluding carboxylic acids is 1. The van der Waals surface area contributed by atoms with Crippen LogP contribution in [-0.2, 0) is 16.1 Å². The molecule has 1 aromatic carbocycles. The van der Waals surface area contributed by atoms with E-state index in [4.69, 9.17) is 15.5 Å². The Balaban J connectivity index is 1.80. The molecule has 0 bridgehead atoms. The zero-order chi connectivity index (χ0) is 32.8. The van der Waals surface area contributed by atoms with Crippen molar-refractivity contribution in [3.63, 3.8) is 0 Å². The topological polar surface area (TPSA) is 138 Å². The number of anilines is 3. The summed E-state index contributed by atoms with van der Waals surface area (Å²) in [6.45, 7) is 18.3. The fourth-order valence-corrected chi connectivity index (χ4v) is 6.91. The molecule has 0 spiro atoms. The number of benzene rings is 1. The zero-order valence-corrected chi connectivity index (χ0v) is 27.8. The minimum atomic E-state index is -1.02. The van der Waals surface area contributed by atoms with Gasteiger partial charge in [-0.1, -0.05) is 53.7 Å². The Morgan fingerprint density at radius 3 is 2.43 bits per heavy atom. The standard InChI is InChI=1S/C33H49N7O4/c1-20(2)25-17-35-40-27(39(30(43)44-32(7,8)9)18-22-12-11-13-23(34)15-22)16-26(37-28(25)40)36-24-14-21(3)33(29(41)42,31(4,5)6)38(10)19-24/h11-13,15-17,20-21,24H,14,18-19,34H2,1-10H3,(H,36,37)(H,41,42). The van der Waals surface area contributed by atoms with Crippen molar-refractivity contribution in [3.05, 3.63) is 47.7 Å². The highest BCUT2D eigenvalue weighted by Crippen LogP contribution is 2.46. The van der Waals surface area contributed by atoms with Crippen molar-refractivity contribution in [1.29, 1.82) is 0 Å². The van der Waals surface area contributed by atoms with Gasteiger partial charge in [0.15, 0.2) is 5.65 Å². The van der Waals surface area contributed by atoms with Crippen LogP contribution in [0.15, 0.2) is 36.5 Å². The van der Waals surface area contributed by atoms with E-state index in [0.29, 0.717) is 35.9 Å². The van der Waals surface area contributed by atoms with Gasteiger partial charge < -0.3 is 20.9 Å². The summed E-state index contributed by atoms with van der Waals surface area (Å²) in [7, 11) is 1.88. The zero-order valence-electron chi connectivity index (χ0n) is 27.8. The molecule has 3 heterocycles. The van der Waals surface area contributed by atoms with E-state index in [2.05, 4.69) is 24.3 Å². The van der Waals surface area contributed by atoms with Crippen LogP contribution < -0.4 is 16.0 Å². The number of fused-ring (bicyclic) bond motifs is 1. The summed E-state index contributed by atoms with van der Waals surface area (Å²) in [5, 5.41) is 18.7. The molecule has 1 fully saturated rings. The fourth-order valence-electron chi connectivity index (χ4n) is 6.91. The molecule has 11 nitrogen and oxygen atoms in total. The van der Waals surface area contributed by atoms with Crippen LogP contribution in [0, 0.1) is 11.3 Å². The number of amides is 1. The van der Waals surface area contributed by atoms with Gasteiger partial charge >= 0.3 is 12.1 Å². The molecule has 11 heteroatoms. The number of hydrogen-bond donors (Lipinski definition) is 3. The maximum atomic E-state index is 13.8. The largest absolute Gasteiger partial charge is 0.480 e. The molecule has 3 atom stereocenters. The summed E-state index contributed by atoms with van der Waals surface area (Å²) >= 11 is 0. The Morgan fingerprint density at radius 2 is 1.89 bits per heavy atom. The van der Waals surface area contributed by atoms with Gasteiger partial charge in [-0.25, -0.2) is 9.78 Å². The number of hydrogen-bond acceptors (Lipinski definition) is 8. The summed E-state index contributed by atoms with van der Waals surface area (Å²) in [6.07, 6.45) is 1.89. The Hall–Kier alpha value is -3.86. The highest BCUT2D eigenvalue weighted by atomic mass is 16.6. The average Bonchev–Trinajstić information content (AvgIpc) is 3.29. The highest BCUT2D eigenvalue weighted by Gasteiger charge is 2.58. The minimum absolute atomic E-state index is 0.0815. The molecular formula is C33H49N7O4. The number of piperidine rings is 1. The number of rotatable bonds is 7. The third kappa shape index (κ3) is 6.33. The smallest absolute Gasteiger partial charge is 0.416 e. The molecule has 1 saturated heterocycles. The van der Waals surface area contributed by atoms with Crippen LogP contribution in [0.2, 0.25) is 0 Å². The van der Waals surface area contributed by atoms with Gasteiger partial charge in [0, 0.05) is 29.9 Å². The Bertz CT molecular complexity index is 1510. The number of likely N-dealkylation sites (tertiary alicyclic amines) is 1. The molecule has 44 heavy (non-hydrogen) atoms. The normalized spacial score (nSPS) is 21.4. The SMILES string of the molecule is CC(C)c1cnn2c(N(Cc3cccc(N)c3)C(=O)OC(C)(C)C)cc(NC3CC(C)C(C(=O)O)(C(C)(C)C)N(C)C3)nc12. The summed E-state index contributed by atoms with van der Waals surface area (Å²) in [5.74, 6) is 0.238.